The SMILES string of the molecule is OC[C@H]1C[C@@H](Nc2nc(NC3CCOC3)ncc2-c2nc3ccccc3s2)[C@H](O)[C@@H]1O. The van der Waals surface area contributed by atoms with Gasteiger partial charge in [0.15, 0.2) is 0 Å². The molecule has 2 aliphatic rings. The average Bonchev–Trinajstić information content (AvgIpc) is 3.50. The molecule has 5 atom stereocenters. The summed E-state index contributed by atoms with van der Waals surface area (Å²) < 4.78 is 6.48. The molecular weight excluding hydrogens is 418 g/mol. The molecule has 0 spiro atoms. The maximum Gasteiger partial charge on any atom is 0.224 e. The van der Waals surface area contributed by atoms with Crippen LogP contribution in [0.25, 0.3) is 20.8 Å². The second-order valence-corrected chi connectivity index (χ2v) is 9.09. The molecule has 3 aromatic rings. The van der Waals surface area contributed by atoms with Crippen LogP contribution < -0.4 is 10.6 Å². The Morgan fingerprint density at radius 3 is 2.74 bits per heavy atom. The van der Waals surface area contributed by atoms with Gasteiger partial charge in [0.2, 0.25) is 5.95 Å². The minimum absolute atomic E-state index is 0.152. The molecule has 0 radical (unpaired) electrons. The highest BCUT2D eigenvalue weighted by Crippen LogP contribution is 2.36. The molecule has 3 heterocycles. The smallest absolute Gasteiger partial charge is 0.224 e. The second kappa shape index (κ2) is 8.64. The summed E-state index contributed by atoms with van der Waals surface area (Å²) in [5.74, 6) is 0.619. The number of para-hydroxylation sites is 1. The maximum atomic E-state index is 10.5. The molecular formula is C21H25N5O4S. The number of nitrogens with zero attached hydrogens (tertiary/aromatic N) is 3. The number of aromatic nitrogens is 3. The van der Waals surface area contributed by atoms with Crippen LogP contribution in [0.3, 0.4) is 0 Å². The number of fused-ring (bicyclic) bond motifs is 1. The molecule has 9 nitrogen and oxygen atoms in total. The minimum Gasteiger partial charge on any atom is -0.396 e. The molecule has 2 fully saturated rings. The average molecular weight is 444 g/mol. The predicted molar refractivity (Wildman–Crippen MR) is 118 cm³/mol. The van der Waals surface area contributed by atoms with E-state index in [2.05, 4.69) is 20.6 Å². The number of ether oxygens (including phenoxy) is 1. The normalized spacial score (nSPS) is 28.3. The molecule has 1 unspecified atom stereocenters. The van der Waals surface area contributed by atoms with Crippen LogP contribution >= 0.6 is 11.3 Å². The van der Waals surface area contributed by atoms with Crippen molar-refractivity contribution in [1.82, 2.24) is 15.0 Å². The summed E-state index contributed by atoms with van der Waals surface area (Å²) in [6.07, 6.45) is 1.06. The van der Waals surface area contributed by atoms with Crippen LogP contribution in [-0.4, -0.2) is 74.4 Å². The van der Waals surface area contributed by atoms with Crippen LogP contribution in [-0.2, 0) is 4.74 Å². The van der Waals surface area contributed by atoms with Gasteiger partial charge in [-0.2, -0.15) is 4.98 Å². The van der Waals surface area contributed by atoms with E-state index < -0.39 is 18.2 Å². The van der Waals surface area contributed by atoms with E-state index in [1.807, 2.05) is 24.3 Å². The fourth-order valence-corrected chi connectivity index (χ4v) is 5.14. The third-order valence-electron chi connectivity index (χ3n) is 5.93. The molecule has 0 amide bonds. The van der Waals surface area contributed by atoms with E-state index in [9.17, 15) is 15.3 Å². The number of rotatable bonds is 6. The Hall–Kier alpha value is -2.37. The van der Waals surface area contributed by atoms with Crippen LogP contribution in [0.4, 0.5) is 11.8 Å². The molecule has 31 heavy (non-hydrogen) atoms. The molecule has 1 saturated carbocycles. The van der Waals surface area contributed by atoms with Crippen molar-refractivity contribution < 1.29 is 20.1 Å². The first-order chi connectivity index (χ1) is 15.1. The first-order valence-electron chi connectivity index (χ1n) is 10.4. The van der Waals surface area contributed by atoms with Gasteiger partial charge in [0.25, 0.3) is 0 Å². The Kier molecular flexibility index (Phi) is 5.72. The number of anilines is 2. The Morgan fingerprint density at radius 1 is 1.13 bits per heavy atom. The van der Waals surface area contributed by atoms with Gasteiger partial charge in [0, 0.05) is 25.3 Å². The second-order valence-electron chi connectivity index (χ2n) is 8.06. The summed E-state index contributed by atoms with van der Waals surface area (Å²) in [4.78, 5) is 13.9. The number of thiazole rings is 1. The lowest BCUT2D eigenvalue weighted by atomic mass is 10.1. The van der Waals surface area contributed by atoms with Crippen LogP contribution in [0, 0.1) is 5.92 Å². The van der Waals surface area contributed by atoms with Gasteiger partial charge in [-0.25, -0.2) is 9.97 Å². The van der Waals surface area contributed by atoms with Gasteiger partial charge in [-0.3, -0.25) is 0 Å². The van der Waals surface area contributed by atoms with E-state index in [-0.39, 0.29) is 18.6 Å². The Balaban J connectivity index is 1.49. The highest BCUT2D eigenvalue weighted by atomic mass is 32.1. The van der Waals surface area contributed by atoms with Gasteiger partial charge in [0.1, 0.15) is 16.9 Å². The van der Waals surface area contributed by atoms with E-state index in [4.69, 9.17) is 9.72 Å². The molecule has 1 aromatic carbocycles. The predicted octanol–water partition coefficient (Wildman–Crippen LogP) is 1.47. The van der Waals surface area contributed by atoms with Crippen molar-refractivity contribution in [2.75, 3.05) is 30.5 Å². The Bertz CT molecular complexity index is 1020. The van der Waals surface area contributed by atoms with Crippen molar-refractivity contribution in [2.45, 2.75) is 37.1 Å². The van der Waals surface area contributed by atoms with Crippen molar-refractivity contribution >= 4 is 33.3 Å². The third kappa shape index (κ3) is 4.09. The zero-order valence-corrected chi connectivity index (χ0v) is 17.6. The monoisotopic (exact) mass is 443 g/mol. The summed E-state index contributed by atoms with van der Waals surface area (Å²) in [6.45, 7) is 1.14. The lowest BCUT2D eigenvalue weighted by molar-refractivity contribution is 0.00446. The quantitative estimate of drug-likeness (QED) is 0.384. The molecule has 2 aromatic heterocycles. The highest BCUT2D eigenvalue weighted by molar-refractivity contribution is 7.21. The van der Waals surface area contributed by atoms with Crippen molar-refractivity contribution in [3.8, 4) is 10.6 Å². The van der Waals surface area contributed by atoms with Gasteiger partial charge in [-0.15, -0.1) is 11.3 Å². The van der Waals surface area contributed by atoms with E-state index >= 15 is 0 Å². The first-order valence-corrected chi connectivity index (χ1v) is 11.2. The van der Waals surface area contributed by atoms with Crippen LogP contribution in [0.5, 0.6) is 0 Å². The molecule has 0 bridgehead atoms. The van der Waals surface area contributed by atoms with Crippen molar-refractivity contribution in [3.05, 3.63) is 30.5 Å². The molecule has 1 aliphatic carbocycles. The molecule has 1 aliphatic heterocycles. The fraction of sp³-hybridized carbons (Fsp3) is 0.476. The molecule has 5 N–H and O–H groups in total. The number of hydrogen-bond donors (Lipinski definition) is 5. The van der Waals surface area contributed by atoms with Crippen molar-refractivity contribution in [3.63, 3.8) is 0 Å². The largest absolute Gasteiger partial charge is 0.396 e. The lowest BCUT2D eigenvalue weighted by Gasteiger charge is -2.20. The lowest BCUT2D eigenvalue weighted by Crippen LogP contribution is -2.35. The standard InChI is InChI=1S/C21H25N5O4S/c27-9-11-7-15(18(29)17(11)28)24-19-13(20-25-14-3-1-2-4-16(14)31-20)8-22-21(26-19)23-12-5-6-30-10-12/h1-4,8,11-12,15,17-18,27-29H,5-7,9-10H2,(H2,22,23,24,26)/t11-,12?,15-,17-,18+/m1/s1. The van der Waals surface area contributed by atoms with Crippen LogP contribution in [0.15, 0.2) is 30.5 Å². The van der Waals surface area contributed by atoms with E-state index in [0.29, 0.717) is 31.4 Å². The van der Waals surface area contributed by atoms with E-state index in [1.165, 1.54) is 0 Å². The Morgan fingerprint density at radius 2 is 2.00 bits per heavy atom. The molecule has 10 heteroatoms. The summed E-state index contributed by atoms with van der Waals surface area (Å²) >= 11 is 1.54. The Labute approximate surface area is 183 Å². The van der Waals surface area contributed by atoms with Gasteiger partial charge in [-0.1, -0.05) is 12.1 Å². The van der Waals surface area contributed by atoms with E-state index in [0.717, 1.165) is 27.2 Å². The van der Waals surface area contributed by atoms with Gasteiger partial charge < -0.3 is 30.7 Å². The third-order valence-corrected chi connectivity index (χ3v) is 7.00. The van der Waals surface area contributed by atoms with Crippen LogP contribution in [0.1, 0.15) is 12.8 Å². The van der Waals surface area contributed by atoms with Crippen molar-refractivity contribution in [2.24, 2.45) is 5.92 Å². The number of aliphatic hydroxyl groups excluding tert-OH is 3. The minimum atomic E-state index is -1.00. The molecule has 5 rings (SSSR count). The van der Waals surface area contributed by atoms with Gasteiger partial charge >= 0.3 is 0 Å². The summed E-state index contributed by atoms with van der Waals surface area (Å²) in [5, 5.41) is 37.5. The van der Waals surface area contributed by atoms with Gasteiger partial charge in [-0.05, 0) is 25.0 Å². The fourth-order valence-electron chi connectivity index (χ4n) is 4.16. The van der Waals surface area contributed by atoms with Crippen LogP contribution in [0.2, 0.25) is 0 Å². The zero-order chi connectivity index (χ0) is 21.4. The highest BCUT2D eigenvalue weighted by Gasteiger charge is 2.41. The zero-order valence-electron chi connectivity index (χ0n) is 16.8. The topological polar surface area (TPSA) is 133 Å². The van der Waals surface area contributed by atoms with E-state index in [1.54, 1.807) is 17.5 Å². The summed E-state index contributed by atoms with van der Waals surface area (Å²) in [5.41, 5.74) is 1.62. The number of benzene rings is 1. The first kappa shape index (κ1) is 20.5. The summed E-state index contributed by atoms with van der Waals surface area (Å²) in [7, 11) is 0. The van der Waals surface area contributed by atoms with Gasteiger partial charge in [0.05, 0.1) is 40.6 Å². The van der Waals surface area contributed by atoms with Crippen molar-refractivity contribution in [1.29, 1.82) is 0 Å². The maximum absolute atomic E-state index is 10.5. The number of nitrogens with one attached hydrogen (secondary N) is 2. The molecule has 1 saturated heterocycles. The molecule has 164 valence electrons. The number of hydrogen-bond acceptors (Lipinski definition) is 10. The summed E-state index contributed by atoms with van der Waals surface area (Å²) in [6, 6.07) is 7.61. The number of aliphatic hydroxyl groups is 3.